The minimum Gasteiger partial charge on any atom is -0.455 e. The highest BCUT2D eigenvalue weighted by molar-refractivity contribution is 7.00. The molecule has 0 saturated heterocycles. The lowest BCUT2D eigenvalue weighted by Gasteiger charge is -2.64. The summed E-state index contributed by atoms with van der Waals surface area (Å²) in [6, 6.07) is 55.5. The van der Waals surface area contributed by atoms with Crippen molar-refractivity contribution in [2.45, 2.75) is 44.4 Å². The molecule has 7 aliphatic rings. The molecule has 4 saturated carbocycles. The molecule has 4 bridgehead atoms. The van der Waals surface area contributed by atoms with E-state index >= 15 is 0 Å². The smallest absolute Gasteiger partial charge is 0.252 e. The van der Waals surface area contributed by atoms with E-state index in [1.54, 1.807) is 11.1 Å². The largest absolute Gasteiger partial charge is 0.455 e. The van der Waals surface area contributed by atoms with Gasteiger partial charge < -0.3 is 14.2 Å². The van der Waals surface area contributed by atoms with Crippen LogP contribution in [0.2, 0.25) is 0 Å². The van der Waals surface area contributed by atoms with Crippen LogP contribution in [-0.2, 0) is 5.41 Å². The molecule has 8 aromatic rings. The molecule has 0 amide bonds. The maximum atomic E-state index is 6.66. The van der Waals surface area contributed by atoms with E-state index in [1.807, 2.05) is 0 Å². The molecule has 15 rings (SSSR count). The number of aryl methyl sites for hydroxylation is 1. The van der Waals surface area contributed by atoms with Gasteiger partial charge in [0.25, 0.3) is 6.71 Å². The summed E-state index contributed by atoms with van der Waals surface area (Å²) in [5.41, 5.74) is 20.8. The van der Waals surface area contributed by atoms with E-state index in [-0.39, 0.29) is 12.1 Å². The van der Waals surface area contributed by atoms with Gasteiger partial charge in [-0.25, -0.2) is 0 Å². The van der Waals surface area contributed by atoms with E-state index in [0.717, 1.165) is 28.6 Å². The van der Waals surface area contributed by atoms with Crippen LogP contribution in [0.1, 0.15) is 48.8 Å². The van der Waals surface area contributed by atoms with E-state index in [4.69, 9.17) is 4.42 Å². The van der Waals surface area contributed by atoms with Crippen molar-refractivity contribution in [1.29, 1.82) is 0 Å². The zero-order valence-corrected chi connectivity index (χ0v) is 32.1. The molecule has 4 heterocycles. The Labute approximate surface area is 333 Å². The van der Waals surface area contributed by atoms with Crippen molar-refractivity contribution in [2.24, 2.45) is 23.7 Å². The average Bonchev–Trinajstić information content (AvgIpc) is 3.63. The van der Waals surface area contributed by atoms with Crippen LogP contribution >= 0.6 is 0 Å². The van der Waals surface area contributed by atoms with Crippen LogP contribution in [0.3, 0.4) is 0 Å². The fourth-order valence-electron chi connectivity index (χ4n) is 13.7. The third-order valence-corrected chi connectivity index (χ3v) is 15.4. The number of para-hydroxylation sites is 4. The Morgan fingerprint density at radius 3 is 2.12 bits per heavy atom. The minimum atomic E-state index is 0.0604. The highest BCUT2D eigenvalue weighted by Crippen LogP contribution is 2.69. The van der Waals surface area contributed by atoms with Gasteiger partial charge in [-0.2, -0.15) is 0 Å². The fourth-order valence-corrected chi connectivity index (χ4v) is 13.7. The van der Waals surface area contributed by atoms with Crippen LogP contribution in [0, 0.1) is 30.6 Å². The zero-order chi connectivity index (χ0) is 37.1. The molecule has 57 heavy (non-hydrogen) atoms. The molecule has 3 aliphatic heterocycles. The van der Waals surface area contributed by atoms with Crippen LogP contribution in [0.5, 0.6) is 0 Å². The second kappa shape index (κ2) is 10.9. The second-order valence-electron chi connectivity index (χ2n) is 18.1. The van der Waals surface area contributed by atoms with Gasteiger partial charge in [0.1, 0.15) is 11.2 Å². The monoisotopic (exact) mass is 732 g/mol. The summed E-state index contributed by atoms with van der Waals surface area (Å²) in [6.07, 6.45) is 6.96. The molecule has 1 aromatic heterocycles. The Bertz CT molecular complexity index is 3020. The number of nitrogens with zero attached hydrogens (tertiary/aromatic N) is 2. The molecular formula is C53H41BN2O. The van der Waals surface area contributed by atoms with Gasteiger partial charge in [-0.3, -0.25) is 0 Å². The van der Waals surface area contributed by atoms with Gasteiger partial charge in [-0.15, -0.1) is 0 Å². The number of anilines is 6. The van der Waals surface area contributed by atoms with Gasteiger partial charge in [-0.05, 0) is 144 Å². The molecule has 4 heteroatoms. The van der Waals surface area contributed by atoms with E-state index in [1.165, 1.54) is 105 Å². The molecule has 272 valence electrons. The predicted molar refractivity (Wildman–Crippen MR) is 236 cm³/mol. The molecule has 3 nitrogen and oxygen atoms in total. The van der Waals surface area contributed by atoms with Gasteiger partial charge in [-0.1, -0.05) is 103 Å². The molecular weight excluding hydrogens is 691 g/mol. The third-order valence-electron chi connectivity index (χ3n) is 15.4. The number of furan rings is 1. The van der Waals surface area contributed by atoms with Crippen molar-refractivity contribution in [3.8, 4) is 11.1 Å². The third kappa shape index (κ3) is 3.85. The fraction of sp³-hybridized carbons (Fsp3) is 0.208. The van der Waals surface area contributed by atoms with E-state index < -0.39 is 0 Å². The zero-order valence-electron chi connectivity index (χ0n) is 32.1. The summed E-state index contributed by atoms with van der Waals surface area (Å²) in [6.45, 7) is 2.28. The first-order valence-electron chi connectivity index (χ1n) is 21.2. The Balaban J connectivity index is 1.07. The lowest BCUT2D eigenvalue weighted by molar-refractivity contribution is -0.0419. The summed E-state index contributed by atoms with van der Waals surface area (Å²) < 4.78 is 6.66. The molecule has 1 spiro atoms. The van der Waals surface area contributed by atoms with Crippen LogP contribution in [0.4, 0.5) is 34.1 Å². The number of rotatable bonds is 2. The summed E-state index contributed by atoms with van der Waals surface area (Å²) in [4.78, 5) is 5.23. The normalized spacial score (nSPS) is 24.2. The summed E-state index contributed by atoms with van der Waals surface area (Å²) >= 11 is 0. The maximum absolute atomic E-state index is 6.66. The standard InChI is InChI=1S/C53H41BN2O/c1-31-10-6-11-37(24-31)55-46-23-22-34(38-13-7-14-40-39-12-2-5-21-49(39)57-52(38)40)30-44(46)54-43-17-8-16-42-51(43)56(48-20-9-19-47(55)50(48)54)45-18-4-3-15-41(45)53(42)35-26-32-25-33(28-35)29-36(53)27-32/h2-24,30,32-33,35-36H,25-29H2,1H3. The highest BCUT2D eigenvalue weighted by atomic mass is 16.3. The van der Waals surface area contributed by atoms with Crippen LogP contribution in [-0.4, -0.2) is 6.71 Å². The lowest BCUT2D eigenvalue weighted by atomic mass is 9.32. The van der Waals surface area contributed by atoms with Crippen molar-refractivity contribution in [1.82, 2.24) is 0 Å². The molecule has 0 radical (unpaired) electrons. The SMILES string of the molecule is Cc1cccc(N2c3ccc(-c4cccc5c4oc4ccccc45)cc3B3c4cccc5c4N(c4ccccc4C54C5CC6CC(C5)CC4C6)c4cccc2c43)c1. The van der Waals surface area contributed by atoms with E-state index in [9.17, 15) is 0 Å². The Morgan fingerprint density at radius 1 is 0.561 bits per heavy atom. The first-order chi connectivity index (χ1) is 28.1. The first kappa shape index (κ1) is 31.1. The van der Waals surface area contributed by atoms with Crippen LogP contribution < -0.4 is 26.2 Å². The first-order valence-corrected chi connectivity index (χ1v) is 21.2. The lowest BCUT2D eigenvalue weighted by Crippen LogP contribution is -2.64. The minimum absolute atomic E-state index is 0.0604. The van der Waals surface area contributed by atoms with Crippen molar-refractivity contribution >= 4 is 79.2 Å². The summed E-state index contributed by atoms with van der Waals surface area (Å²) in [7, 11) is 0. The van der Waals surface area contributed by atoms with Gasteiger partial charge in [0.2, 0.25) is 0 Å². The Morgan fingerprint density at radius 2 is 1.26 bits per heavy atom. The maximum Gasteiger partial charge on any atom is 0.252 e. The van der Waals surface area contributed by atoms with Gasteiger partial charge in [0.15, 0.2) is 0 Å². The Hall–Kier alpha value is -6.00. The quantitative estimate of drug-likeness (QED) is 0.165. The number of hydrogen-bond donors (Lipinski definition) is 0. The molecule has 0 atom stereocenters. The molecule has 4 fully saturated rings. The number of fused-ring (bicyclic) bond motifs is 9. The van der Waals surface area contributed by atoms with Crippen LogP contribution in [0.15, 0.2) is 150 Å². The molecule has 4 aliphatic carbocycles. The van der Waals surface area contributed by atoms with Gasteiger partial charge >= 0.3 is 0 Å². The molecule has 0 unspecified atom stereocenters. The van der Waals surface area contributed by atoms with Crippen molar-refractivity contribution < 1.29 is 4.42 Å². The number of hydrogen-bond acceptors (Lipinski definition) is 3. The Kier molecular flexibility index (Phi) is 5.95. The van der Waals surface area contributed by atoms with Crippen molar-refractivity contribution in [3.63, 3.8) is 0 Å². The molecule has 7 aromatic carbocycles. The second-order valence-corrected chi connectivity index (χ2v) is 18.1. The van der Waals surface area contributed by atoms with Gasteiger partial charge in [0.05, 0.1) is 5.69 Å². The summed E-state index contributed by atoms with van der Waals surface area (Å²) in [5.74, 6) is 3.20. The number of benzene rings is 7. The highest BCUT2D eigenvalue weighted by Gasteiger charge is 2.62. The molecule has 0 N–H and O–H groups in total. The van der Waals surface area contributed by atoms with Crippen molar-refractivity contribution in [3.05, 3.63) is 162 Å². The van der Waals surface area contributed by atoms with Gasteiger partial charge in [0, 0.05) is 50.2 Å². The summed E-state index contributed by atoms with van der Waals surface area (Å²) in [5, 5.41) is 2.33. The average molecular weight is 733 g/mol. The van der Waals surface area contributed by atoms with E-state index in [2.05, 4.69) is 162 Å². The predicted octanol–water partition coefficient (Wildman–Crippen LogP) is 11.7. The topological polar surface area (TPSA) is 19.6 Å². The van der Waals surface area contributed by atoms with Crippen molar-refractivity contribution in [2.75, 3.05) is 9.80 Å². The van der Waals surface area contributed by atoms with Crippen LogP contribution in [0.25, 0.3) is 33.1 Å². The van der Waals surface area contributed by atoms with E-state index in [0.29, 0.717) is 11.8 Å².